The Morgan fingerprint density at radius 2 is 1.73 bits per heavy atom. The number of aromatic amines is 1. The topological polar surface area (TPSA) is 98.8 Å². The van der Waals surface area contributed by atoms with Crippen molar-refractivity contribution >= 4 is 40.1 Å². The molecule has 2 N–H and O–H groups in total. The first-order valence-electron chi connectivity index (χ1n) is 11.9. The van der Waals surface area contributed by atoms with Crippen molar-refractivity contribution in [3.05, 3.63) is 88.5 Å². The van der Waals surface area contributed by atoms with Gasteiger partial charge in [0.25, 0.3) is 5.78 Å². The van der Waals surface area contributed by atoms with Gasteiger partial charge in [-0.05, 0) is 66.9 Å². The van der Waals surface area contributed by atoms with E-state index in [1.165, 1.54) is 12.0 Å². The molecule has 8 heteroatoms. The van der Waals surface area contributed by atoms with Crippen molar-refractivity contribution in [1.82, 2.24) is 9.97 Å². The molecule has 2 heterocycles. The van der Waals surface area contributed by atoms with Crippen LogP contribution in [0.15, 0.2) is 66.2 Å². The van der Waals surface area contributed by atoms with Crippen molar-refractivity contribution in [3.63, 3.8) is 0 Å². The van der Waals surface area contributed by atoms with Crippen molar-refractivity contribution in [2.75, 3.05) is 31.0 Å². The van der Waals surface area contributed by atoms with Crippen molar-refractivity contribution in [3.8, 4) is 5.75 Å². The van der Waals surface area contributed by atoms with Crippen LogP contribution < -0.4 is 14.5 Å². The van der Waals surface area contributed by atoms with E-state index in [1.807, 2.05) is 69.2 Å². The van der Waals surface area contributed by atoms with Gasteiger partial charge in [-0.15, -0.1) is 0 Å². The maximum Gasteiger partial charge on any atom is 0.302 e. The zero-order valence-electron chi connectivity index (χ0n) is 21.4. The molecule has 3 aromatic carbocycles. The van der Waals surface area contributed by atoms with Crippen LogP contribution in [0, 0.1) is 13.8 Å². The Morgan fingerprint density at radius 3 is 2.41 bits per heavy atom. The first kappa shape index (κ1) is 24.1. The molecular formula is C29H28N4O4. The average Bonchev–Trinajstić information content (AvgIpc) is 3.41. The molecule has 0 bridgehead atoms. The highest BCUT2D eigenvalue weighted by atomic mass is 16.5. The molecule has 1 unspecified atom stereocenters. The summed E-state index contributed by atoms with van der Waals surface area (Å²) in [6.07, 6.45) is 0. The van der Waals surface area contributed by atoms with Gasteiger partial charge in [-0.3, -0.25) is 14.5 Å². The predicted molar refractivity (Wildman–Crippen MR) is 144 cm³/mol. The predicted octanol–water partition coefficient (Wildman–Crippen LogP) is 4.88. The molecule has 0 spiro atoms. The van der Waals surface area contributed by atoms with E-state index in [9.17, 15) is 14.7 Å². The Kier molecular flexibility index (Phi) is 5.95. The number of carbonyl (C=O) groups is 2. The van der Waals surface area contributed by atoms with E-state index in [1.54, 1.807) is 24.3 Å². The molecule has 4 aromatic rings. The van der Waals surface area contributed by atoms with Gasteiger partial charge in [0.1, 0.15) is 11.5 Å². The van der Waals surface area contributed by atoms with Crippen LogP contribution in [0.3, 0.4) is 0 Å². The molecule has 1 saturated heterocycles. The lowest BCUT2D eigenvalue weighted by Gasteiger charge is -2.24. The number of fused-ring (bicyclic) bond motifs is 1. The van der Waals surface area contributed by atoms with Crippen LogP contribution in [-0.2, 0) is 9.59 Å². The van der Waals surface area contributed by atoms with Gasteiger partial charge in [0.15, 0.2) is 0 Å². The Bertz CT molecular complexity index is 1530. The highest BCUT2D eigenvalue weighted by Crippen LogP contribution is 2.42. The lowest BCUT2D eigenvalue weighted by molar-refractivity contribution is -0.132. The Hall–Kier alpha value is -4.59. The van der Waals surface area contributed by atoms with Crippen molar-refractivity contribution < 1.29 is 19.4 Å². The molecule has 1 aliphatic heterocycles. The fourth-order valence-electron chi connectivity index (χ4n) is 4.62. The van der Waals surface area contributed by atoms with Gasteiger partial charge >= 0.3 is 5.91 Å². The third-order valence-electron chi connectivity index (χ3n) is 6.83. The van der Waals surface area contributed by atoms with E-state index in [-0.39, 0.29) is 17.3 Å². The van der Waals surface area contributed by atoms with Crippen molar-refractivity contribution in [2.24, 2.45) is 0 Å². The number of aliphatic hydroxyl groups is 1. The second kappa shape index (κ2) is 9.13. The van der Waals surface area contributed by atoms with E-state index in [0.717, 1.165) is 22.3 Å². The van der Waals surface area contributed by atoms with Crippen LogP contribution in [0.25, 0.3) is 16.8 Å². The van der Waals surface area contributed by atoms with Crippen LogP contribution in [0.1, 0.15) is 28.3 Å². The summed E-state index contributed by atoms with van der Waals surface area (Å²) in [5.74, 6) is -1.06. The molecule has 1 aromatic heterocycles. The lowest BCUT2D eigenvalue weighted by atomic mass is 9.95. The van der Waals surface area contributed by atoms with Crippen LogP contribution in [0.5, 0.6) is 5.75 Å². The number of aryl methyl sites for hydroxylation is 2. The van der Waals surface area contributed by atoms with Crippen molar-refractivity contribution in [1.29, 1.82) is 0 Å². The summed E-state index contributed by atoms with van der Waals surface area (Å²) in [5.41, 5.74) is 5.60. The van der Waals surface area contributed by atoms with Gasteiger partial charge in [0.05, 0.1) is 29.8 Å². The van der Waals surface area contributed by atoms with E-state index in [2.05, 4.69) is 9.97 Å². The monoisotopic (exact) mass is 496 g/mol. The van der Waals surface area contributed by atoms with Crippen LogP contribution >= 0.6 is 0 Å². The molecule has 188 valence electrons. The maximum atomic E-state index is 13.5. The zero-order chi connectivity index (χ0) is 26.4. The summed E-state index contributed by atoms with van der Waals surface area (Å²) >= 11 is 0. The summed E-state index contributed by atoms with van der Waals surface area (Å²) in [4.78, 5) is 38.1. The third kappa shape index (κ3) is 4.10. The molecule has 1 atom stereocenters. The Labute approximate surface area is 214 Å². The number of aromatic nitrogens is 2. The van der Waals surface area contributed by atoms with Crippen molar-refractivity contribution in [2.45, 2.75) is 19.9 Å². The molecule has 0 saturated carbocycles. The number of hydrogen-bond acceptors (Lipinski definition) is 6. The number of amides is 1. The van der Waals surface area contributed by atoms with Crippen LogP contribution in [0.4, 0.5) is 11.6 Å². The second-order valence-corrected chi connectivity index (χ2v) is 9.40. The Balaban J connectivity index is 1.72. The fourth-order valence-corrected chi connectivity index (χ4v) is 4.62. The molecule has 1 amide bonds. The van der Waals surface area contributed by atoms with Gasteiger partial charge < -0.3 is 19.7 Å². The van der Waals surface area contributed by atoms with E-state index in [0.29, 0.717) is 22.4 Å². The largest absolute Gasteiger partial charge is 0.507 e. The van der Waals surface area contributed by atoms with Gasteiger partial charge in [-0.25, -0.2) is 4.98 Å². The first-order chi connectivity index (χ1) is 17.7. The number of imidazole rings is 1. The van der Waals surface area contributed by atoms with Gasteiger partial charge in [-0.2, -0.15) is 0 Å². The number of aliphatic hydroxyl groups excluding tert-OH is 1. The number of ether oxygens (including phenoxy) is 1. The standard InChI is InChI=1S/C29H28N4O4/c1-16-13-22-23(14-17(16)2)31-29(30-22)33-25(18-9-11-20(12-10-18)32(3)4)24(27(35)28(33)36)26(34)19-7-6-8-21(15-19)37-5/h6-15,25,34H,1-5H3,(H,30,31)/b26-24+. The highest BCUT2D eigenvalue weighted by molar-refractivity contribution is 6.51. The summed E-state index contributed by atoms with van der Waals surface area (Å²) in [6, 6.07) is 17.3. The SMILES string of the molecule is COc1cccc(/C(O)=C2\C(=O)C(=O)N(c3nc4cc(C)c(C)cc4[nH]3)C2c2ccc(N(C)C)cc2)c1. The lowest BCUT2D eigenvalue weighted by Crippen LogP contribution is -2.30. The molecule has 0 radical (unpaired) electrons. The number of anilines is 2. The molecule has 1 fully saturated rings. The minimum atomic E-state index is -0.884. The number of carbonyl (C=O) groups excluding carboxylic acids is 2. The van der Waals surface area contributed by atoms with Crippen LogP contribution in [-0.4, -0.2) is 48.0 Å². The number of Topliss-reactive ketones (excluding diaryl/α,β-unsaturated/α-hetero) is 1. The first-order valence-corrected chi connectivity index (χ1v) is 11.9. The molecular weight excluding hydrogens is 468 g/mol. The van der Waals surface area contributed by atoms with E-state index >= 15 is 0 Å². The number of rotatable bonds is 5. The molecule has 8 nitrogen and oxygen atoms in total. The molecule has 0 aliphatic carbocycles. The minimum Gasteiger partial charge on any atom is -0.507 e. The van der Waals surface area contributed by atoms with Gasteiger partial charge in [-0.1, -0.05) is 24.3 Å². The Morgan fingerprint density at radius 1 is 1.03 bits per heavy atom. The quantitative estimate of drug-likeness (QED) is 0.232. The van der Waals surface area contributed by atoms with E-state index < -0.39 is 17.7 Å². The number of hydrogen-bond donors (Lipinski definition) is 2. The smallest absolute Gasteiger partial charge is 0.302 e. The second-order valence-electron chi connectivity index (χ2n) is 9.40. The summed E-state index contributed by atoms with van der Waals surface area (Å²) < 4.78 is 5.29. The number of nitrogens with zero attached hydrogens (tertiary/aromatic N) is 3. The summed E-state index contributed by atoms with van der Waals surface area (Å²) in [7, 11) is 5.39. The number of ketones is 1. The number of methoxy groups -OCH3 is 1. The van der Waals surface area contributed by atoms with E-state index in [4.69, 9.17) is 4.74 Å². The van der Waals surface area contributed by atoms with Gasteiger partial charge in [0, 0.05) is 25.3 Å². The molecule has 1 aliphatic rings. The highest BCUT2D eigenvalue weighted by Gasteiger charge is 2.48. The van der Waals surface area contributed by atoms with Gasteiger partial charge in [0.2, 0.25) is 5.95 Å². The number of benzene rings is 3. The maximum absolute atomic E-state index is 13.5. The number of nitrogens with one attached hydrogen (secondary N) is 1. The zero-order valence-corrected chi connectivity index (χ0v) is 21.4. The molecule has 5 rings (SSSR count). The summed E-state index contributed by atoms with van der Waals surface area (Å²) in [5, 5.41) is 11.4. The average molecular weight is 497 g/mol. The van der Waals surface area contributed by atoms with Crippen LogP contribution in [0.2, 0.25) is 0 Å². The minimum absolute atomic E-state index is 0.0105. The normalized spacial score (nSPS) is 17.0. The fraction of sp³-hybridized carbons (Fsp3) is 0.207. The summed E-state index contributed by atoms with van der Waals surface area (Å²) in [6.45, 7) is 4.00. The molecule has 37 heavy (non-hydrogen) atoms. The third-order valence-corrected chi connectivity index (χ3v) is 6.83. The number of H-pyrrole nitrogens is 1.